The van der Waals surface area contributed by atoms with Crippen molar-refractivity contribution in [2.45, 2.75) is 33.4 Å². The van der Waals surface area contributed by atoms with E-state index in [1.165, 1.54) is 11.3 Å². The number of nitrogens with one attached hydrogen (secondary N) is 2. The maximum atomic E-state index is 12.3. The highest BCUT2D eigenvalue weighted by Crippen LogP contribution is 2.23. The Hall–Kier alpha value is -2.62. The van der Waals surface area contributed by atoms with Gasteiger partial charge in [-0.3, -0.25) is 9.78 Å². The maximum Gasteiger partial charge on any atom is 0.271 e. The van der Waals surface area contributed by atoms with Gasteiger partial charge in [0, 0.05) is 39.7 Å². The van der Waals surface area contributed by atoms with Crippen LogP contribution in [0.5, 0.6) is 0 Å². The summed E-state index contributed by atoms with van der Waals surface area (Å²) in [7, 11) is 3.25. The van der Waals surface area contributed by atoms with E-state index in [4.69, 9.17) is 0 Å². The molecule has 0 saturated heterocycles. The zero-order valence-electron chi connectivity index (χ0n) is 17.5. The molecular weight excluding hydrogens is 390 g/mol. The highest BCUT2D eigenvalue weighted by Gasteiger charge is 2.16. The minimum Gasteiger partial charge on any atom is -0.392 e. The Morgan fingerprint density at radius 2 is 2.00 bits per heavy atom. The van der Waals surface area contributed by atoms with Crippen molar-refractivity contribution in [2.75, 3.05) is 26.1 Å². The molecule has 3 aromatic heterocycles. The standard InChI is InChI=1S/C16H17N5O2S.C2H6O.C2H6/c1-10(22)7-18-15(23)13-14-12(4-6-24-14)20-16(21-13)19-9-11-3-2-5-17-8-11;1-3-2;1-2/h2-6,8,10,22H,7,9H2,1H3,(H,18,23)(H,19,20,21);1-2H3;1-2H3. The van der Waals surface area contributed by atoms with Gasteiger partial charge >= 0.3 is 0 Å². The van der Waals surface area contributed by atoms with E-state index in [0.717, 1.165) is 10.3 Å². The van der Waals surface area contributed by atoms with Crippen LogP contribution < -0.4 is 10.6 Å². The molecule has 0 aliphatic carbocycles. The van der Waals surface area contributed by atoms with Crippen LogP contribution in [0, 0.1) is 0 Å². The molecule has 0 spiro atoms. The summed E-state index contributed by atoms with van der Waals surface area (Å²) < 4.78 is 4.98. The molecule has 0 fully saturated rings. The minimum absolute atomic E-state index is 0.175. The number of fused-ring (bicyclic) bond motifs is 1. The van der Waals surface area contributed by atoms with Crippen LogP contribution in [0.15, 0.2) is 36.0 Å². The zero-order chi connectivity index (χ0) is 21.6. The van der Waals surface area contributed by atoms with Crippen molar-refractivity contribution >= 4 is 33.4 Å². The summed E-state index contributed by atoms with van der Waals surface area (Å²) in [6.07, 6.45) is 2.85. The number of ether oxygens (including phenoxy) is 1. The number of carbonyl (C=O) groups excluding carboxylic acids is 1. The first-order valence-corrected chi connectivity index (χ1v) is 10.2. The van der Waals surface area contributed by atoms with Crippen molar-refractivity contribution in [3.05, 3.63) is 47.2 Å². The molecule has 1 atom stereocenters. The lowest BCUT2D eigenvalue weighted by atomic mass is 10.3. The number of aliphatic hydroxyl groups excluding tert-OH is 1. The van der Waals surface area contributed by atoms with E-state index in [9.17, 15) is 9.90 Å². The van der Waals surface area contributed by atoms with Crippen LogP contribution in [-0.2, 0) is 11.3 Å². The topological polar surface area (TPSA) is 109 Å². The van der Waals surface area contributed by atoms with Gasteiger partial charge < -0.3 is 20.5 Å². The first kappa shape index (κ1) is 24.4. The van der Waals surface area contributed by atoms with E-state index < -0.39 is 6.10 Å². The Morgan fingerprint density at radius 1 is 1.28 bits per heavy atom. The SMILES string of the molecule is CC.CC(O)CNC(=O)c1nc(NCc2cccnc2)nc2ccsc12.COC. The third-order valence-electron chi connectivity index (χ3n) is 3.25. The number of thiophene rings is 1. The number of carbonyl (C=O) groups is 1. The molecule has 1 unspecified atom stereocenters. The molecule has 0 aromatic carbocycles. The highest BCUT2D eigenvalue weighted by molar-refractivity contribution is 7.17. The van der Waals surface area contributed by atoms with E-state index in [1.807, 2.05) is 37.4 Å². The van der Waals surface area contributed by atoms with E-state index in [0.29, 0.717) is 23.7 Å². The summed E-state index contributed by atoms with van der Waals surface area (Å²) in [5.74, 6) is 0.0575. The first-order chi connectivity index (χ1) is 14.0. The van der Waals surface area contributed by atoms with Gasteiger partial charge in [0.2, 0.25) is 5.95 Å². The Bertz CT molecular complexity index is 856. The molecule has 8 nitrogen and oxygen atoms in total. The molecular formula is C20H29N5O3S. The quantitative estimate of drug-likeness (QED) is 0.563. The number of amides is 1. The number of aliphatic hydroxyl groups is 1. The average Bonchev–Trinajstić information content (AvgIpc) is 3.21. The molecule has 1 amide bonds. The second kappa shape index (κ2) is 13.5. The van der Waals surface area contributed by atoms with Crippen LogP contribution in [0.3, 0.4) is 0 Å². The fourth-order valence-corrected chi connectivity index (χ4v) is 2.92. The van der Waals surface area contributed by atoms with Crippen LogP contribution in [0.25, 0.3) is 10.2 Å². The third kappa shape index (κ3) is 8.10. The van der Waals surface area contributed by atoms with Crippen LogP contribution in [-0.4, -0.2) is 52.8 Å². The fraction of sp³-hybridized carbons (Fsp3) is 0.400. The molecule has 29 heavy (non-hydrogen) atoms. The number of hydrogen-bond acceptors (Lipinski definition) is 8. The lowest BCUT2D eigenvalue weighted by molar-refractivity contribution is 0.0921. The minimum atomic E-state index is -0.613. The van der Waals surface area contributed by atoms with Crippen molar-refractivity contribution < 1.29 is 14.6 Å². The van der Waals surface area contributed by atoms with Crippen molar-refractivity contribution in [3.63, 3.8) is 0 Å². The van der Waals surface area contributed by atoms with Gasteiger partial charge in [-0.15, -0.1) is 11.3 Å². The van der Waals surface area contributed by atoms with Crippen LogP contribution in [0.1, 0.15) is 36.8 Å². The van der Waals surface area contributed by atoms with E-state index >= 15 is 0 Å². The second-order valence-corrected chi connectivity index (χ2v) is 6.63. The monoisotopic (exact) mass is 419 g/mol. The van der Waals surface area contributed by atoms with Crippen LogP contribution in [0.2, 0.25) is 0 Å². The summed E-state index contributed by atoms with van der Waals surface area (Å²) in [4.78, 5) is 25.2. The fourth-order valence-electron chi connectivity index (χ4n) is 2.10. The van der Waals surface area contributed by atoms with Crippen LogP contribution in [0.4, 0.5) is 5.95 Å². The Kier molecular flexibility index (Phi) is 11.4. The second-order valence-electron chi connectivity index (χ2n) is 5.71. The van der Waals surface area contributed by atoms with Crippen molar-refractivity contribution in [3.8, 4) is 0 Å². The van der Waals surface area contributed by atoms with Gasteiger partial charge in [0.15, 0.2) is 5.69 Å². The smallest absolute Gasteiger partial charge is 0.271 e. The number of hydrogen-bond donors (Lipinski definition) is 3. The maximum absolute atomic E-state index is 12.3. The third-order valence-corrected chi connectivity index (χ3v) is 4.16. The number of methoxy groups -OCH3 is 1. The zero-order valence-corrected chi connectivity index (χ0v) is 18.3. The first-order valence-electron chi connectivity index (χ1n) is 9.29. The Morgan fingerprint density at radius 3 is 2.62 bits per heavy atom. The van der Waals surface area contributed by atoms with Crippen molar-refractivity contribution in [2.24, 2.45) is 0 Å². The van der Waals surface area contributed by atoms with Gasteiger partial charge in [-0.2, -0.15) is 0 Å². The molecule has 0 bridgehead atoms. The normalized spacial score (nSPS) is 10.8. The van der Waals surface area contributed by atoms with E-state index in [-0.39, 0.29) is 12.5 Å². The molecule has 3 heterocycles. The number of nitrogens with zero attached hydrogens (tertiary/aromatic N) is 3. The summed E-state index contributed by atoms with van der Waals surface area (Å²) in [6.45, 7) is 6.30. The summed E-state index contributed by atoms with van der Waals surface area (Å²) >= 11 is 1.41. The number of rotatable bonds is 6. The molecule has 0 aliphatic heterocycles. The van der Waals surface area contributed by atoms with Gasteiger partial charge in [0.1, 0.15) is 0 Å². The molecule has 0 saturated carbocycles. The molecule has 9 heteroatoms. The molecule has 158 valence electrons. The van der Waals surface area contributed by atoms with Crippen LogP contribution >= 0.6 is 11.3 Å². The lowest BCUT2D eigenvalue weighted by Gasteiger charge is -2.09. The van der Waals surface area contributed by atoms with Gasteiger partial charge in [0.05, 0.1) is 16.3 Å². The molecule has 3 rings (SSSR count). The van der Waals surface area contributed by atoms with Gasteiger partial charge in [0.25, 0.3) is 5.91 Å². The number of pyridine rings is 1. The average molecular weight is 420 g/mol. The predicted molar refractivity (Wildman–Crippen MR) is 117 cm³/mol. The largest absolute Gasteiger partial charge is 0.392 e. The van der Waals surface area contributed by atoms with Crippen molar-refractivity contribution in [1.82, 2.24) is 20.3 Å². The van der Waals surface area contributed by atoms with E-state index in [2.05, 4.69) is 30.3 Å². The molecule has 3 N–H and O–H groups in total. The summed E-state index contributed by atoms with van der Waals surface area (Å²) in [5, 5.41) is 17.0. The Balaban J connectivity index is 0.000000771. The summed E-state index contributed by atoms with van der Waals surface area (Å²) in [5.41, 5.74) is 2.02. The number of anilines is 1. The molecule has 3 aromatic rings. The van der Waals surface area contributed by atoms with Gasteiger partial charge in [-0.25, -0.2) is 9.97 Å². The van der Waals surface area contributed by atoms with Gasteiger partial charge in [-0.05, 0) is 30.0 Å². The molecule has 0 radical (unpaired) electrons. The molecule has 0 aliphatic rings. The Labute approximate surface area is 175 Å². The highest BCUT2D eigenvalue weighted by atomic mass is 32.1. The van der Waals surface area contributed by atoms with Crippen molar-refractivity contribution in [1.29, 1.82) is 0 Å². The van der Waals surface area contributed by atoms with E-state index in [1.54, 1.807) is 33.5 Å². The van der Waals surface area contributed by atoms with Gasteiger partial charge in [-0.1, -0.05) is 19.9 Å². The summed E-state index contributed by atoms with van der Waals surface area (Å²) in [6, 6.07) is 5.65. The lowest BCUT2D eigenvalue weighted by Crippen LogP contribution is -2.31. The number of aromatic nitrogens is 3. The predicted octanol–water partition coefficient (Wildman–Crippen LogP) is 3.10.